The number of nitrogens with zero attached hydrogens (tertiary/aromatic N) is 5. The summed E-state index contributed by atoms with van der Waals surface area (Å²) in [6.45, 7) is 2.17. The van der Waals surface area contributed by atoms with Gasteiger partial charge in [0.2, 0.25) is 23.6 Å². The maximum atomic E-state index is 14.7. The van der Waals surface area contributed by atoms with E-state index in [9.17, 15) is 77.2 Å². The average Bonchev–Trinajstić information content (AvgIpc) is 3.06. The molecular weight excluding hydrogens is 1170 g/mol. The van der Waals surface area contributed by atoms with Gasteiger partial charge in [0, 0.05) is 122 Å². The lowest BCUT2D eigenvalue weighted by Crippen LogP contribution is -2.54. The number of hydrogen-bond donors (Lipinski definition) is 14. The Hall–Kier alpha value is -9.11. The zero-order chi connectivity index (χ0) is 65.1. The van der Waals surface area contributed by atoms with Gasteiger partial charge in [0.15, 0.2) is 12.2 Å². The number of hydrazine groups is 1. The van der Waals surface area contributed by atoms with Crippen molar-refractivity contribution in [3.05, 3.63) is 95.1 Å². The second-order valence-corrected chi connectivity index (χ2v) is 20.4. The Balaban J connectivity index is 1.28. The summed E-state index contributed by atoms with van der Waals surface area (Å²) < 4.78 is 35.4. The number of aliphatic imine (C=N–C) groups is 1. The molecule has 0 aliphatic carbocycles. The minimum Gasteiger partial charge on any atom is -0.508 e. The standard InChI is InChI=1S/C57H81F2N15O15/c1-2-47(77)62-19-20-65-56(87)68-55(60)63-17-9-14-45(53(85)66-33-42-43(58)31-40(76)32-44(42)59)67-54(86)52(38-10-4-3-5-11-38)39-12-8-13-41(30-39)89-29-7-6-16-64-57(88)70-69-48(78)15-18-61-46(37-75)74-27-25-72(35-50(81)82)23-21-71(34-49(79)80)22-24-73(26-28-74)36-51(83)84/h3-5,8,10-13,30-32,37,45-46,52,61,76H,2,6-7,9,14-29,33-36H2,1H3,(H,62,77)(H,66,85)(H,67,86)(H,69,78)(H,79,80)(H,81,82)(H,83,84)(H2,64,70,88)(H4,60,63,65,68,87)/t45-,46?,52-/m1/s1. The number of nitrogens with one attached hydrogen (secondary N) is 9. The molecule has 3 aromatic carbocycles. The molecule has 1 fully saturated rings. The van der Waals surface area contributed by atoms with Gasteiger partial charge in [0.05, 0.1) is 32.2 Å². The molecule has 89 heavy (non-hydrogen) atoms. The molecule has 1 aliphatic rings. The lowest BCUT2D eigenvalue weighted by Gasteiger charge is -2.35. The molecule has 0 spiro atoms. The highest BCUT2D eigenvalue weighted by Gasteiger charge is 2.30. The molecule has 15 N–H and O–H groups in total. The van der Waals surface area contributed by atoms with E-state index in [1.807, 2.05) is 0 Å². The Kier molecular flexibility index (Phi) is 32.2. The van der Waals surface area contributed by atoms with Gasteiger partial charge in [-0.3, -0.25) is 63.9 Å². The second-order valence-electron chi connectivity index (χ2n) is 20.4. The largest absolute Gasteiger partial charge is 0.508 e. The number of rotatable bonds is 33. The molecule has 32 heteroatoms. The van der Waals surface area contributed by atoms with Crippen LogP contribution in [0, 0.1) is 11.6 Å². The van der Waals surface area contributed by atoms with E-state index in [0.717, 1.165) is 0 Å². The maximum absolute atomic E-state index is 14.7. The fourth-order valence-corrected chi connectivity index (χ4v) is 9.04. The summed E-state index contributed by atoms with van der Waals surface area (Å²) in [6, 6.07) is 14.0. The molecule has 3 atom stereocenters. The van der Waals surface area contributed by atoms with E-state index in [0.29, 0.717) is 48.1 Å². The van der Waals surface area contributed by atoms with Crippen molar-refractivity contribution in [2.24, 2.45) is 10.7 Å². The number of benzene rings is 3. The number of ether oxygens (including phenoxy) is 1. The van der Waals surface area contributed by atoms with Gasteiger partial charge in [0.25, 0.3) is 0 Å². The molecular formula is C57H81F2N15O15. The Morgan fingerprint density at radius 2 is 1.24 bits per heavy atom. The van der Waals surface area contributed by atoms with Crippen LogP contribution in [0.15, 0.2) is 71.7 Å². The van der Waals surface area contributed by atoms with Crippen molar-refractivity contribution in [2.75, 3.05) is 111 Å². The number of guanidine groups is 1. The van der Waals surface area contributed by atoms with E-state index >= 15 is 0 Å². The minimum atomic E-state index is -1.28. The second kappa shape index (κ2) is 39.6. The van der Waals surface area contributed by atoms with Gasteiger partial charge >= 0.3 is 30.0 Å². The summed E-state index contributed by atoms with van der Waals surface area (Å²) in [5, 5.41) is 56.8. The van der Waals surface area contributed by atoms with Gasteiger partial charge < -0.3 is 67.6 Å². The van der Waals surface area contributed by atoms with Crippen LogP contribution in [-0.2, 0) is 44.9 Å². The number of amides is 8. The minimum absolute atomic E-state index is 0.0277. The third-order valence-corrected chi connectivity index (χ3v) is 13.6. The number of carboxylic acid groups (broad SMARTS) is 3. The smallest absolute Gasteiger partial charge is 0.344 e. The molecule has 30 nitrogen and oxygen atoms in total. The number of aldehydes is 1. The Labute approximate surface area is 512 Å². The third-order valence-electron chi connectivity index (χ3n) is 13.6. The van der Waals surface area contributed by atoms with Crippen LogP contribution >= 0.6 is 0 Å². The van der Waals surface area contributed by atoms with Crippen molar-refractivity contribution in [1.29, 1.82) is 0 Å². The fourth-order valence-electron chi connectivity index (χ4n) is 9.04. The molecule has 0 saturated carbocycles. The lowest BCUT2D eigenvalue weighted by molar-refractivity contribution is -0.140. The van der Waals surface area contributed by atoms with Crippen molar-refractivity contribution < 1.29 is 81.9 Å². The van der Waals surface area contributed by atoms with Crippen LogP contribution in [-0.4, -0.2) is 229 Å². The van der Waals surface area contributed by atoms with Gasteiger partial charge in [-0.05, 0) is 48.9 Å². The van der Waals surface area contributed by atoms with Crippen molar-refractivity contribution in [3.63, 3.8) is 0 Å². The monoisotopic (exact) mass is 1250 g/mol. The number of phenolic OH excluding ortho intramolecular Hbond substituents is 1. The summed E-state index contributed by atoms with van der Waals surface area (Å²) in [5.74, 6) is -9.22. The first-order valence-corrected chi connectivity index (χ1v) is 28.9. The van der Waals surface area contributed by atoms with E-state index in [-0.39, 0.29) is 149 Å². The van der Waals surface area contributed by atoms with Crippen molar-refractivity contribution in [1.82, 2.24) is 67.7 Å². The fraction of sp³-hybridized carbons (Fsp3) is 0.491. The first kappa shape index (κ1) is 72.4. The van der Waals surface area contributed by atoms with Crippen LogP contribution in [0.1, 0.15) is 68.1 Å². The van der Waals surface area contributed by atoms with E-state index in [4.69, 9.17) is 10.5 Å². The van der Waals surface area contributed by atoms with E-state index in [1.165, 1.54) is 0 Å². The predicted molar refractivity (Wildman–Crippen MR) is 318 cm³/mol. The number of unbranched alkanes of at least 4 members (excludes halogenated alkanes) is 1. The molecule has 3 aromatic rings. The zero-order valence-corrected chi connectivity index (χ0v) is 49.5. The van der Waals surface area contributed by atoms with Crippen LogP contribution in [0.3, 0.4) is 0 Å². The Morgan fingerprint density at radius 1 is 0.652 bits per heavy atom. The van der Waals surface area contributed by atoms with Crippen molar-refractivity contribution in [3.8, 4) is 11.5 Å². The van der Waals surface area contributed by atoms with Crippen molar-refractivity contribution >= 4 is 65.8 Å². The molecule has 8 amide bonds. The first-order chi connectivity index (χ1) is 42.6. The van der Waals surface area contributed by atoms with E-state index < -0.39 is 95.3 Å². The third kappa shape index (κ3) is 28.5. The molecule has 1 heterocycles. The number of carbonyl (C=O) groups is 10. The average molecular weight is 1250 g/mol. The normalized spacial score (nSPS) is 14.8. The SMILES string of the molecule is CCC(=O)NCCNC(=O)/N=C(/N)NCCC[C@@H](NC(=O)[C@H](c1ccccc1)c1cccc(OCCCCNC(=O)NNC(=O)CCNC(C=O)N2CCN(CC(=O)O)CCN(CC(=O)O)CCN(CC(=O)O)CC2)c1)C(=O)NCc1c(F)cc(O)cc1F. The predicted octanol–water partition coefficient (Wildman–Crippen LogP) is -1.01. The number of aromatic hydroxyl groups is 1. The van der Waals surface area contributed by atoms with Gasteiger partial charge in [-0.1, -0.05) is 49.4 Å². The molecule has 488 valence electrons. The quantitative estimate of drug-likeness (QED) is 0.0114. The van der Waals surface area contributed by atoms with Crippen LogP contribution < -0.4 is 58.5 Å². The van der Waals surface area contributed by atoms with Crippen molar-refractivity contribution in [2.45, 2.75) is 70.1 Å². The summed E-state index contributed by atoms with van der Waals surface area (Å²) in [6.07, 6.45) is 0.757. The van der Waals surface area contributed by atoms with E-state index in [1.54, 1.807) is 81.1 Å². The highest BCUT2D eigenvalue weighted by atomic mass is 19.1. The molecule has 1 unspecified atom stereocenters. The zero-order valence-electron chi connectivity index (χ0n) is 49.5. The number of hydrogen-bond acceptors (Lipinski definition) is 17. The number of nitrogens with two attached hydrogens (primary N) is 1. The highest BCUT2D eigenvalue weighted by Crippen LogP contribution is 2.29. The molecule has 0 bridgehead atoms. The summed E-state index contributed by atoms with van der Waals surface area (Å²) in [5.41, 5.74) is 10.9. The molecule has 4 rings (SSSR count). The number of halogens is 2. The molecule has 1 aliphatic heterocycles. The van der Waals surface area contributed by atoms with Crippen LogP contribution in [0.2, 0.25) is 0 Å². The molecule has 0 aromatic heterocycles. The number of carboxylic acids is 3. The van der Waals surface area contributed by atoms with E-state index in [2.05, 4.69) is 53.1 Å². The van der Waals surface area contributed by atoms with Gasteiger partial charge in [-0.25, -0.2) is 23.8 Å². The number of phenols is 1. The topological polar surface area (TPSA) is 420 Å². The molecule has 0 radical (unpaired) electrons. The van der Waals surface area contributed by atoms with Gasteiger partial charge in [0.1, 0.15) is 35.3 Å². The number of urea groups is 2. The Morgan fingerprint density at radius 3 is 1.83 bits per heavy atom. The van der Waals surface area contributed by atoms with Gasteiger partial charge in [-0.2, -0.15) is 4.99 Å². The highest BCUT2D eigenvalue weighted by molar-refractivity contribution is 5.93. The van der Waals surface area contributed by atoms with Crippen LogP contribution in [0.25, 0.3) is 0 Å². The number of aliphatic carboxylic acids is 3. The summed E-state index contributed by atoms with van der Waals surface area (Å²) >= 11 is 0. The molecule has 1 saturated heterocycles. The van der Waals surface area contributed by atoms with Crippen LogP contribution in [0.4, 0.5) is 18.4 Å². The Bertz CT molecular complexity index is 2810. The first-order valence-electron chi connectivity index (χ1n) is 28.9. The maximum Gasteiger partial charge on any atom is 0.344 e. The lowest BCUT2D eigenvalue weighted by atomic mass is 9.90. The summed E-state index contributed by atoms with van der Waals surface area (Å²) in [7, 11) is 0. The number of carbonyl (C=O) groups excluding carboxylic acids is 7. The summed E-state index contributed by atoms with van der Waals surface area (Å²) in [4.78, 5) is 135. The van der Waals surface area contributed by atoms with Crippen LogP contribution in [0.5, 0.6) is 11.5 Å². The van der Waals surface area contributed by atoms with Gasteiger partial charge in [-0.15, -0.1) is 0 Å².